The van der Waals surface area contributed by atoms with Gasteiger partial charge in [0.1, 0.15) is 0 Å². The number of carboxylic acids is 1. The number of halogens is 1. The molecular weight excluding hydrogens is 484 g/mol. The fraction of sp³-hybridized carbons (Fsp3) is 0.0435. The minimum Gasteiger partial charge on any atom is -0.476 e. The Morgan fingerprint density at radius 1 is 0.971 bits per heavy atom. The first-order chi connectivity index (χ1) is 16.1. The summed E-state index contributed by atoms with van der Waals surface area (Å²) in [4.78, 5) is 33.1. The van der Waals surface area contributed by atoms with Crippen molar-refractivity contribution in [3.63, 3.8) is 0 Å². The molecule has 3 aromatic carbocycles. The van der Waals surface area contributed by atoms with Crippen LogP contribution < -0.4 is 0 Å². The van der Waals surface area contributed by atoms with Gasteiger partial charge in [-0.05, 0) is 40.6 Å². The zero-order chi connectivity index (χ0) is 24.9. The average Bonchev–Trinajstić information content (AvgIpc) is 2.82. The SMILES string of the molecule is CS(=O)(=O)c1ncc(-c2ccc3ccccc3c2)c(C(=O)O)n1.O=C(OO)c1cccc(Cl)c1. The molecule has 0 radical (unpaired) electrons. The fourth-order valence-electron chi connectivity index (χ4n) is 2.94. The van der Waals surface area contributed by atoms with Crippen LogP contribution >= 0.6 is 11.6 Å². The van der Waals surface area contributed by atoms with Gasteiger partial charge in [-0.3, -0.25) is 4.89 Å². The van der Waals surface area contributed by atoms with Crippen LogP contribution in [0.15, 0.2) is 78.1 Å². The number of carbonyl (C=O) groups is 2. The Hall–Kier alpha value is -3.86. The summed E-state index contributed by atoms with van der Waals surface area (Å²) >= 11 is 5.56. The molecule has 0 aliphatic carbocycles. The van der Waals surface area contributed by atoms with Crippen molar-refractivity contribution in [1.82, 2.24) is 9.97 Å². The Balaban J connectivity index is 0.000000248. The normalized spacial score (nSPS) is 10.8. The first kappa shape index (κ1) is 24.8. The second-order valence-electron chi connectivity index (χ2n) is 6.94. The van der Waals surface area contributed by atoms with Crippen LogP contribution in [0.2, 0.25) is 5.02 Å². The summed E-state index contributed by atoms with van der Waals surface area (Å²) in [7, 11) is -3.68. The predicted molar refractivity (Wildman–Crippen MR) is 125 cm³/mol. The maximum absolute atomic E-state index is 11.5. The third kappa shape index (κ3) is 5.93. The van der Waals surface area contributed by atoms with E-state index in [1.54, 1.807) is 18.2 Å². The Bertz CT molecular complexity index is 1490. The van der Waals surface area contributed by atoms with E-state index in [0.29, 0.717) is 10.6 Å². The topological polar surface area (TPSA) is 144 Å². The molecule has 1 aromatic heterocycles. The Kier molecular flexibility index (Phi) is 7.57. The molecule has 0 spiro atoms. The molecule has 0 saturated carbocycles. The molecule has 2 N–H and O–H groups in total. The van der Waals surface area contributed by atoms with E-state index >= 15 is 0 Å². The zero-order valence-electron chi connectivity index (χ0n) is 17.5. The van der Waals surface area contributed by atoms with Crippen LogP contribution in [0, 0.1) is 0 Å². The van der Waals surface area contributed by atoms with Gasteiger partial charge in [0.05, 0.1) is 5.56 Å². The van der Waals surface area contributed by atoms with Crippen LogP contribution in [0.25, 0.3) is 21.9 Å². The van der Waals surface area contributed by atoms with Crippen LogP contribution in [-0.2, 0) is 14.7 Å². The first-order valence-electron chi connectivity index (χ1n) is 9.51. The van der Waals surface area contributed by atoms with Crippen LogP contribution in [0.5, 0.6) is 0 Å². The Labute approximate surface area is 199 Å². The Morgan fingerprint density at radius 3 is 2.29 bits per heavy atom. The number of benzene rings is 3. The van der Waals surface area contributed by atoms with Crippen molar-refractivity contribution in [2.45, 2.75) is 5.16 Å². The second-order valence-corrected chi connectivity index (χ2v) is 9.29. The summed E-state index contributed by atoms with van der Waals surface area (Å²) in [5, 5.41) is 19.2. The summed E-state index contributed by atoms with van der Waals surface area (Å²) in [6.07, 6.45) is 2.17. The highest BCUT2D eigenvalue weighted by atomic mass is 35.5. The number of fused-ring (bicyclic) bond motifs is 1. The van der Waals surface area contributed by atoms with Gasteiger partial charge in [0.25, 0.3) is 0 Å². The molecule has 0 aliphatic heterocycles. The van der Waals surface area contributed by atoms with E-state index in [1.807, 2.05) is 36.4 Å². The number of hydrogen-bond acceptors (Lipinski definition) is 8. The van der Waals surface area contributed by atoms with Crippen LogP contribution in [0.4, 0.5) is 0 Å². The molecule has 34 heavy (non-hydrogen) atoms. The molecule has 0 aliphatic rings. The quantitative estimate of drug-likeness (QED) is 0.237. The fourth-order valence-corrected chi connectivity index (χ4v) is 3.64. The lowest BCUT2D eigenvalue weighted by Crippen LogP contribution is -2.11. The smallest absolute Gasteiger partial charge is 0.372 e. The van der Waals surface area contributed by atoms with Crippen molar-refractivity contribution in [3.05, 3.63) is 89.2 Å². The first-order valence-corrected chi connectivity index (χ1v) is 11.8. The molecule has 1 heterocycles. The monoisotopic (exact) mass is 500 g/mol. The number of aromatic nitrogens is 2. The minimum atomic E-state index is -3.68. The van der Waals surface area contributed by atoms with Gasteiger partial charge in [0, 0.05) is 23.0 Å². The van der Waals surface area contributed by atoms with Crippen molar-refractivity contribution >= 4 is 44.1 Å². The van der Waals surface area contributed by atoms with Gasteiger partial charge in [0.15, 0.2) is 5.69 Å². The Morgan fingerprint density at radius 2 is 1.68 bits per heavy atom. The molecule has 4 aromatic rings. The number of rotatable bonds is 4. The van der Waals surface area contributed by atoms with Gasteiger partial charge >= 0.3 is 11.9 Å². The predicted octanol–water partition coefficient (Wildman–Crippen LogP) is 4.37. The third-order valence-corrected chi connectivity index (χ3v) is 5.60. The number of sulfone groups is 1. The average molecular weight is 501 g/mol. The molecule has 0 amide bonds. The van der Waals surface area contributed by atoms with E-state index in [4.69, 9.17) is 16.9 Å². The molecule has 9 nitrogen and oxygen atoms in total. The number of carbonyl (C=O) groups excluding carboxylic acids is 1. The molecule has 0 saturated heterocycles. The van der Waals surface area contributed by atoms with Crippen molar-refractivity contribution in [2.24, 2.45) is 0 Å². The molecule has 0 fully saturated rings. The molecule has 11 heteroatoms. The van der Waals surface area contributed by atoms with Gasteiger partial charge in [-0.15, -0.1) is 0 Å². The molecule has 4 rings (SSSR count). The molecule has 0 bridgehead atoms. The van der Waals surface area contributed by atoms with Gasteiger partial charge in [0.2, 0.25) is 15.0 Å². The standard InChI is InChI=1S/C16H12N2O4S.C7H5ClO3/c1-23(21,22)16-17-9-13(14(18-16)15(19)20)12-7-6-10-4-2-3-5-11(10)8-12;8-6-3-1-2-5(4-6)7(9)11-10/h2-9H,1H3,(H,19,20);1-4,10H. The lowest BCUT2D eigenvalue weighted by molar-refractivity contribution is -0.182. The maximum atomic E-state index is 11.5. The van der Waals surface area contributed by atoms with Gasteiger partial charge in [-0.25, -0.2) is 28.0 Å². The van der Waals surface area contributed by atoms with Crippen LogP contribution in [0.1, 0.15) is 20.8 Å². The van der Waals surface area contributed by atoms with E-state index in [2.05, 4.69) is 14.9 Å². The second kappa shape index (κ2) is 10.4. The lowest BCUT2D eigenvalue weighted by Gasteiger charge is -2.08. The van der Waals surface area contributed by atoms with Crippen molar-refractivity contribution in [1.29, 1.82) is 0 Å². The highest BCUT2D eigenvalue weighted by Crippen LogP contribution is 2.26. The van der Waals surface area contributed by atoms with E-state index in [1.165, 1.54) is 18.3 Å². The highest BCUT2D eigenvalue weighted by molar-refractivity contribution is 7.90. The van der Waals surface area contributed by atoms with Crippen LogP contribution in [-0.4, -0.2) is 46.9 Å². The molecule has 174 valence electrons. The van der Waals surface area contributed by atoms with E-state index in [-0.39, 0.29) is 16.8 Å². The summed E-state index contributed by atoms with van der Waals surface area (Å²) < 4.78 is 23.0. The molecular formula is C23H17ClN2O7S. The third-order valence-electron chi connectivity index (χ3n) is 4.50. The highest BCUT2D eigenvalue weighted by Gasteiger charge is 2.20. The number of nitrogens with zero attached hydrogens (tertiary/aromatic N) is 2. The minimum absolute atomic E-state index is 0.222. The summed E-state index contributed by atoms with van der Waals surface area (Å²) in [5.41, 5.74) is 0.771. The molecule has 0 atom stereocenters. The van der Waals surface area contributed by atoms with Crippen molar-refractivity contribution < 1.29 is 33.3 Å². The summed E-state index contributed by atoms with van der Waals surface area (Å²) in [6.45, 7) is 0. The number of carboxylic acid groups (broad SMARTS) is 1. The molecule has 0 unspecified atom stereocenters. The maximum Gasteiger partial charge on any atom is 0.372 e. The number of hydrogen-bond donors (Lipinski definition) is 2. The largest absolute Gasteiger partial charge is 0.476 e. The zero-order valence-corrected chi connectivity index (χ0v) is 19.1. The van der Waals surface area contributed by atoms with E-state index in [9.17, 15) is 23.1 Å². The van der Waals surface area contributed by atoms with Gasteiger partial charge in [-0.2, -0.15) is 5.26 Å². The summed E-state index contributed by atoms with van der Waals surface area (Å²) in [5.74, 6) is -2.12. The van der Waals surface area contributed by atoms with Gasteiger partial charge in [-0.1, -0.05) is 54.1 Å². The summed E-state index contributed by atoms with van der Waals surface area (Å²) in [6, 6.07) is 19.2. The number of aromatic carboxylic acids is 1. The van der Waals surface area contributed by atoms with Gasteiger partial charge < -0.3 is 5.11 Å². The lowest BCUT2D eigenvalue weighted by atomic mass is 10.0. The van der Waals surface area contributed by atoms with Crippen molar-refractivity contribution in [3.8, 4) is 11.1 Å². The van der Waals surface area contributed by atoms with Crippen LogP contribution in [0.3, 0.4) is 0 Å². The van der Waals surface area contributed by atoms with Crippen molar-refractivity contribution in [2.75, 3.05) is 6.26 Å². The van der Waals surface area contributed by atoms with E-state index < -0.39 is 26.9 Å². The van der Waals surface area contributed by atoms with E-state index in [0.717, 1.165) is 17.0 Å².